The van der Waals surface area contributed by atoms with Crippen molar-refractivity contribution < 1.29 is 9.53 Å². The number of aromatic nitrogens is 2. The van der Waals surface area contributed by atoms with E-state index < -0.39 is 5.25 Å². The van der Waals surface area contributed by atoms with Crippen molar-refractivity contribution in [3.05, 3.63) is 46.8 Å². The lowest BCUT2D eigenvalue weighted by molar-refractivity contribution is -0.140. The molecular formula is C27H42N2O2S. The van der Waals surface area contributed by atoms with Crippen LogP contribution in [0, 0.1) is 13.8 Å². The Morgan fingerprint density at radius 1 is 1.00 bits per heavy atom. The van der Waals surface area contributed by atoms with Gasteiger partial charge in [-0.1, -0.05) is 101 Å². The lowest BCUT2D eigenvalue weighted by Gasteiger charge is -2.18. The van der Waals surface area contributed by atoms with Gasteiger partial charge in [-0.25, -0.2) is 4.98 Å². The molecule has 0 bridgehead atoms. The number of hydrogen-bond donors (Lipinski definition) is 0. The van der Waals surface area contributed by atoms with Crippen LogP contribution in [0.2, 0.25) is 0 Å². The number of thioether (sulfide) groups is 1. The van der Waals surface area contributed by atoms with Gasteiger partial charge in [0.1, 0.15) is 5.25 Å². The zero-order valence-corrected chi connectivity index (χ0v) is 21.6. The Morgan fingerprint density at radius 2 is 1.59 bits per heavy atom. The van der Waals surface area contributed by atoms with Crippen molar-refractivity contribution in [1.29, 1.82) is 0 Å². The standard InChI is InChI=1S/C27H42N2O2S/c1-6-7-8-9-10-11-12-13-14-15-18-23-19-16-17-20-24(23)25(26(30)31-5)32-27-28-21(2)22(3)29(27)4/h16-17,19-20,25H,6-15,18H2,1-5H3. The SMILES string of the molecule is CCCCCCCCCCCCc1ccccc1C(Sc1nc(C)c(C)n1C)C(=O)OC. The molecule has 0 aliphatic rings. The van der Waals surface area contributed by atoms with Crippen LogP contribution in [-0.4, -0.2) is 22.6 Å². The molecule has 0 aliphatic heterocycles. The Labute approximate surface area is 199 Å². The topological polar surface area (TPSA) is 44.1 Å². The number of nitrogens with zero attached hydrogens (tertiary/aromatic N) is 2. The van der Waals surface area contributed by atoms with Crippen molar-refractivity contribution in [2.24, 2.45) is 7.05 Å². The lowest BCUT2D eigenvalue weighted by Crippen LogP contribution is -2.14. The van der Waals surface area contributed by atoms with Gasteiger partial charge in [-0.15, -0.1) is 0 Å². The first-order valence-electron chi connectivity index (χ1n) is 12.3. The average Bonchev–Trinajstić information content (AvgIpc) is 3.05. The third kappa shape index (κ3) is 7.99. The van der Waals surface area contributed by atoms with Crippen LogP contribution in [0.15, 0.2) is 29.4 Å². The van der Waals surface area contributed by atoms with Crippen molar-refractivity contribution >= 4 is 17.7 Å². The van der Waals surface area contributed by atoms with Crippen LogP contribution in [0.4, 0.5) is 0 Å². The Morgan fingerprint density at radius 3 is 2.16 bits per heavy atom. The zero-order valence-electron chi connectivity index (χ0n) is 20.8. The monoisotopic (exact) mass is 458 g/mol. The molecule has 4 nitrogen and oxygen atoms in total. The molecule has 1 heterocycles. The molecule has 0 N–H and O–H groups in total. The number of carbonyl (C=O) groups excluding carboxylic acids is 1. The van der Waals surface area contributed by atoms with Gasteiger partial charge < -0.3 is 9.30 Å². The maximum absolute atomic E-state index is 12.7. The summed E-state index contributed by atoms with van der Waals surface area (Å²) in [5.41, 5.74) is 4.42. The molecule has 0 aliphatic carbocycles. The number of carbonyl (C=O) groups is 1. The first-order valence-corrected chi connectivity index (χ1v) is 13.2. The second kappa shape index (κ2) is 14.4. The van der Waals surface area contributed by atoms with Gasteiger partial charge in [0, 0.05) is 12.7 Å². The van der Waals surface area contributed by atoms with Gasteiger partial charge in [0.2, 0.25) is 0 Å². The number of unbranched alkanes of at least 4 members (excludes halogenated alkanes) is 9. The minimum Gasteiger partial charge on any atom is -0.468 e. The van der Waals surface area contributed by atoms with E-state index >= 15 is 0 Å². The highest BCUT2D eigenvalue weighted by atomic mass is 32.2. The summed E-state index contributed by atoms with van der Waals surface area (Å²) >= 11 is 1.49. The molecule has 1 atom stereocenters. The lowest BCUT2D eigenvalue weighted by atomic mass is 9.98. The van der Waals surface area contributed by atoms with E-state index in [1.54, 1.807) is 0 Å². The third-order valence-corrected chi connectivity index (χ3v) is 7.61. The molecule has 1 aromatic heterocycles. The number of methoxy groups -OCH3 is 1. The predicted octanol–water partition coefficient (Wildman–Crippen LogP) is 7.51. The molecule has 0 radical (unpaired) electrons. The number of rotatable bonds is 15. The zero-order chi connectivity index (χ0) is 23.3. The van der Waals surface area contributed by atoms with E-state index in [9.17, 15) is 4.79 Å². The molecule has 5 heteroatoms. The largest absolute Gasteiger partial charge is 0.468 e. The second-order valence-corrected chi connectivity index (χ2v) is 9.85. The molecule has 178 valence electrons. The Bertz CT molecular complexity index is 831. The number of imidazole rings is 1. The molecular weight excluding hydrogens is 416 g/mol. The number of hydrogen-bond acceptors (Lipinski definition) is 4. The van der Waals surface area contributed by atoms with Crippen LogP contribution in [0.5, 0.6) is 0 Å². The summed E-state index contributed by atoms with van der Waals surface area (Å²) in [6.45, 7) is 6.33. The molecule has 32 heavy (non-hydrogen) atoms. The van der Waals surface area contributed by atoms with Gasteiger partial charge in [-0.2, -0.15) is 0 Å². The highest BCUT2D eigenvalue weighted by Crippen LogP contribution is 2.38. The van der Waals surface area contributed by atoms with Crippen molar-refractivity contribution in [2.75, 3.05) is 7.11 Å². The van der Waals surface area contributed by atoms with E-state index in [1.807, 2.05) is 20.0 Å². The minimum atomic E-state index is -0.403. The molecule has 1 unspecified atom stereocenters. The van der Waals surface area contributed by atoms with Gasteiger partial charge in [0.25, 0.3) is 0 Å². The van der Waals surface area contributed by atoms with Gasteiger partial charge in [0.15, 0.2) is 5.16 Å². The summed E-state index contributed by atoms with van der Waals surface area (Å²) in [4.78, 5) is 17.4. The summed E-state index contributed by atoms with van der Waals surface area (Å²) in [6.07, 6.45) is 14.3. The van der Waals surface area contributed by atoms with Crippen molar-refractivity contribution in [2.45, 2.75) is 102 Å². The Kier molecular flexibility index (Phi) is 11.9. The number of ether oxygens (including phenoxy) is 1. The van der Waals surface area contributed by atoms with E-state index in [1.165, 1.54) is 82.2 Å². The quantitative estimate of drug-likeness (QED) is 0.157. The van der Waals surface area contributed by atoms with Crippen LogP contribution in [0.3, 0.4) is 0 Å². The van der Waals surface area contributed by atoms with Gasteiger partial charge >= 0.3 is 5.97 Å². The van der Waals surface area contributed by atoms with Crippen molar-refractivity contribution in [3.8, 4) is 0 Å². The van der Waals surface area contributed by atoms with Crippen LogP contribution in [0.25, 0.3) is 0 Å². The van der Waals surface area contributed by atoms with Gasteiger partial charge in [-0.3, -0.25) is 4.79 Å². The fraction of sp³-hybridized carbons (Fsp3) is 0.630. The molecule has 1 aromatic carbocycles. The average molecular weight is 459 g/mol. The molecule has 0 saturated carbocycles. The van der Waals surface area contributed by atoms with Crippen molar-refractivity contribution in [3.63, 3.8) is 0 Å². The molecule has 0 fully saturated rings. The van der Waals surface area contributed by atoms with E-state index in [-0.39, 0.29) is 5.97 Å². The number of aryl methyl sites for hydroxylation is 2. The van der Waals surface area contributed by atoms with Crippen LogP contribution < -0.4 is 0 Å². The molecule has 2 aromatic rings. The highest BCUT2D eigenvalue weighted by molar-refractivity contribution is 8.00. The first-order chi connectivity index (χ1) is 15.5. The van der Waals surface area contributed by atoms with E-state index in [4.69, 9.17) is 4.74 Å². The van der Waals surface area contributed by atoms with Gasteiger partial charge in [0.05, 0.1) is 12.8 Å². The minimum absolute atomic E-state index is 0.219. The van der Waals surface area contributed by atoms with Crippen LogP contribution >= 0.6 is 11.8 Å². The van der Waals surface area contributed by atoms with Crippen LogP contribution in [0.1, 0.15) is 98.9 Å². The first kappa shape index (κ1) is 26.5. The number of benzene rings is 1. The molecule has 0 amide bonds. The maximum Gasteiger partial charge on any atom is 0.323 e. The van der Waals surface area contributed by atoms with E-state index in [0.717, 1.165) is 34.9 Å². The third-order valence-electron chi connectivity index (χ3n) is 6.35. The predicted molar refractivity (Wildman–Crippen MR) is 135 cm³/mol. The summed E-state index contributed by atoms with van der Waals surface area (Å²) in [5, 5.41) is 0.448. The molecule has 0 saturated heterocycles. The fourth-order valence-corrected chi connectivity index (χ4v) is 5.31. The molecule has 0 spiro atoms. The summed E-state index contributed by atoms with van der Waals surface area (Å²) in [6, 6.07) is 8.32. The van der Waals surface area contributed by atoms with Crippen LogP contribution in [-0.2, 0) is 23.0 Å². The maximum atomic E-state index is 12.7. The van der Waals surface area contributed by atoms with E-state index in [0.29, 0.717) is 0 Å². The van der Waals surface area contributed by atoms with E-state index in [2.05, 4.69) is 41.6 Å². The molecule has 2 rings (SSSR count). The normalized spacial score (nSPS) is 12.2. The Hall–Kier alpha value is -1.75. The summed E-state index contributed by atoms with van der Waals surface area (Å²) < 4.78 is 7.24. The second-order valence-electron chi connectivity index (χ2n) is 8.78. The summed E-state index contributed by atoms with van der Waals surface area (Å²) in [5.74, 6) is -0.219. The smallest absolute Gasteiger partial charge is 0.323 e. The Balaban J connectivity index is 1.94. The highest BCUT2D eigenvalue weighted by Gasteiger charge is 2.27. The van der Waals surface area contributed by atoms with Crippen molar-refractivity contribution in [1.82, 2.24) is 9.55 Å². The fourth-order valence-electron chi connectivity index (χ4n) is 4.06. The summed E-state index contributed by atoms with van der Waals surface area (Å²) in [7, 11) is 3.47. The number of esters is 1. The van der Waals surface area contributed by atoms with Gasteiger partial charge in [-0.05, 0) is 37.8 Å².